The number of aromatic nitrogens is 1. The molecule has 0 radical (unpaired) electrons. The Kier molecular flexibility index (Phi) is 12.3. The zero-order chi connectivity index (χ0) is 30.0. The molecule has 0 spiro atoms. The molecule has 10 nitrogen and oxygen atoms in total. The van der Waals surface area contributed by atoms with Crippen LogP contribution in [0.2, 0.25) is 0 Å². The highest BCUT2D eigenvalue weighted by atomic mass is 16.3. The Morgan fingerprint density at radius 1 is 1.25 bits per heavy atom. The number of β-amino-alcohol motifs (C(OH)–C–C–N with tert-alkyl or cyclic N) is 1. The van der Waals surface area contributed by atoms with Gasteiger partial charge in [0.25, 0.3) is 5.91 Å². The molecule has 1 atom stereocenters. The summed E-state index contributed by atoms with van der Waals surface area (Å²) in [6, 6.07) is 1.63. The predicted molar refractivity (Wildman–Crippen MR) is 160 cm³/mol. The molecule has 1 aromatic heterocycles. The number of hydrogen-bond acceptors (Lipinski definition) is 6. The smallest absolute Gasteiger partial charge is 0.320 e. The third kappa shape index (κ3) is 8.35. The van der Waals surface area contributed by atoms with Crippen molar-refractivity contribution in [3.05, 3.63) is 65.2 Å². The first-order valence-corrected chi connectivity index (χ1v) is 14.0. The Morgan fingerprint density at radius 3 is 2.55 bits per heavy atom. The number of pyridine rings is 1. The second-order valence-electron chi connectivity index (χ2n) is 9.98. The van der Waals surface area contributed by atoms with E-state index >= 15 is 0 Å². The van der Waals surface area contributed by atoms with Crippen molar-refractivity contribution in [1.82, 2.24) is 25.0 Å². The minimum atomic E-state index is -0.463. The molecule has 4 N–H and O–H groups in total. The number of urea groups is 1. The first-order valence-electron chi connectivity index (χ1n) is 14.0. The van der Waals surface area contributed by atoms with Crippen LogP contribution in [-0.4, -0.2) is 80.2 Å². The lowest BCUT2D eigenvalue weighted by Gasteiger charge is -2.32. The van der Waals surface area contributed by atoms with Gasteiger partial charge >= 0.3 is 6.03 Å². The summed E-state index contributed by atoms with van der Waals surface area (Å²) >= 11 is 0. The summed E-state index contributed by atoms with van der Waals surface area (Å²) in [5.41, 5.74) is 3.20. The van der Waals surface area contributed by atoms with E-state index in [4.69, 9.17) is 10.8 Å². The van der Waals surface area contributed by atoms with Crippen LogP contribution in [0.5, 0.6) is 0 Å². The maximum atomic E-state index is 12.8. The van der Waals surface area contributed by atoms with E-state index in [1.54, 1.807) is 45.2 Å². The number of aliphatic hydroxyl groups excluding tert-OH is 1. The van der Waals surface area contributed by atoms with Crippen molar-refractivity contribution in [2.75, 3.05) is 19.6 Å². The number of fused-ring (bicyclic) bond motifs is 1. The topological polar surface area (TPSA) is 137 Å². The van der Waals surface area contributed by atoms with Crippen molar-refractivity contribution in [3.8, 4) is 0 Å². The van der Waals surface area contributed by atoms with Crippen LogP contribution >= 0.6 is 0 Å². The monoisotopic (exact) mass is 551 g/mol. The van der Waals surface area contributed by atoms with Gasteiger partial charge in [-0.15, -0.1) is 0 Å². The van der Waals surface area contributed by atoms with Crippen molar-refractivity contribution >= 4 is 23.6 Å². The highest BCUT2D eigenvalue weighted by molar-refractivity contribution is 6.06. The lowest BCUT2D eigenvalue weighted by atomic mass is 10.0. The third-order valence-electron chi connectivity index (χ3n) is 6.71. The molecule has 40 heavy (non-hydrogen) atoms. The van der Waals surface area contributed by atoms with Crippen LogP contribution in [0.25, 0.3) is 0 Å². The highest BCUT2D eigenvalue weighted by Gasteiger charge is 2.30. The van der Waals surface area contributed by atoms with Gasteiger partial charge < -0.3 is 25.1 Å². The largest absolute Gasteiger partial charge is 0.391 e. The number of nitrogens with zero attached hydrogens (tertiary/aromatic N) is 4. The lowest BCUT2D eigenvalue weighted by molar-refractivity contribution is 0.0962. The molecule has 10 heteroatoms. The fourth-order valence-corrected chi connectivity index (χ4v) is 4.55. The number of carbonyl (C=O) groups is 2. The van der Waals surface area contributed by atoms with Gasteiger partial charge in [0.05, 0.1) is 6.10 Å². The van der Waals surface area contributed by atoms with E-state index in [0.29, 0.717) is 62.5 Å². The molecular weight excluding hydrogens is 506 g/mol. The van der Waals surface area contributed by atoms with E-state index < -0.39 is 12.0 Å². The molecule has 3 amide bonds. The summed E-state index contributed by atoms with van der Waals surface area (Å²) in [5.74, 6) is 0.250. The first kappa shape index (κ1) is 32.4. The number of allylic oxidation sites excluding steroid dienone is 3. The van der Waals surface area contributed by atoms with Crippen molar-refractivity contribution in [2.24, 2.45) is 0 Å². The summed E-state index contributed by atoms with van der Waals surface area (Å²) < 4.78 is 0. The Morgan fingerprint density at radius 2 is 1.95 bits per heavy atom. The summed E-state index contributed by atoms with van der Waals surface area (Å²) in [4.78, 5) is 35.0. The van der Waals surface area contributed by atoms with Crippen LogP contribution in [0.1, 0.15) is 76.0 Å². The molecule has 218 valence electrons. The van der Waals surface area contributed by atoms with E-state index in [0.717, 1.165) is 11.1 Å². The van der Waals surface area contributed by atoms with Crippen LogP contribution in [0.3, 0.4) is 0 Å². The SMILES string of the molecule is C=C(/C=C\C=C(/C)C(=N)N(C(=N)CC)C(C)C)NC(=O)c1cc2c(cn1)CCN(C(=O)N1CCC(O)C1)C2.CC. The molecule has 3 heterocycles. The van der Waals surface area contributed by atoms with Gasteiger partial charge in [0, 0.05) is 50.5 Å². The Hall–Kier alpha value is -3.79. The molecule has 1 unspecified atom stereocenters. The first-order chi connectivity index (χ1) is 19.0. The van der Waals surface area contributed by atoms with E-state index in [-0.39, 0.29) is 23.6 Å². The molecule has 2 aliphatic rings. The fraction of sp³-hybridized carbons (Fsp3) is 0.500. The van der Waals surface area contributed by atoms with E-state index in [1.165, 1.54) is 0 Å². The zero-order valence-corrected chi connectivity index (χ0v) is 24.8. The number of amides is 3. The van der Waals surface area contributed by atoms with Crippen molar-refractivity contribution in [1.29, 1.82) is 10.8 Å². The van der Waals surface area contributed by atoms with Gasteiger partial charge in [-0.05, 0) is 62.5 Å². The molecule has 0 saturated carbocycles. The summed E-state index contributed by atoms with van der Waals surface area (Å²) in [6.45, 7) is 17.4. The molecule has 1 saturated heterocycles. The lowest BCUT2D eigenvalue weighted by Crippen LogP contribution is -2.44. The molecule has 0 aliphatic carbocycles. The van der Waals surface area contributed by atoms with Gasteiger partial charge in [0.15, 0.2) is 0 Å². The number of amidine groups is 2. The van der Waals surface area contributed by atoms with E-state index in [9.17, 15) is 14.7 Å². The second-order valence-corrected chi connectivity index (χ2v) is 9.98. The van der Waals surface area contributed by atoms with Gasteiger partial charge in [-0.2, -0.15) is 0 Å². The van der Waals surface area contributed by atoms with Gasteiger partial charge in [-0.25, -0.2) is 4.79 Å². The van der Waals surface area contributed by atoms with E-state index in [2.05, 4.69) is 16.9 Å². The van der Waals surface area contributed by atoms with Crippen LogP contribution in [0.15, 0.2) is 48.3 Å². The molecule has 0 aromatic carbocycles. The maximum absolute atomic E-state index is 12.8. The molecule has 2 aliphatic heterocycles. The number of nitrogens with one attached hydrogen (secondary N) is 3. The van der Waals surface area contributed by atoms with Crippen LogP contribution in [0, 0.1) is 10.8 Å². The van der Waals surface area contributed by atoms with Gasteiger partial charge in [-0.1, -0.05) is 39.5 Å². The van der Waals surface area contributed by atoms with Crippen LogP contribution in [0.4, 0.5) is 4.79 Å². The summed E-state index contributed by atoms with van der Waals surface area (Å²) in [6.07, 6.45) is 8.13. The number of carbonyl (C=O) groups excluding carboxylic acids is 2. The van der Waals surface area contributed by atoms with Gasteiger partial charge in [-0.3, -0.25) is 20.6 Å². The molecule has 1 fully saturated rings. The summed E-state index contributed by atoms with van der Waals surface area (Å²) in [7, 11) is 0. The van der Waals surface area contributed by atoms with Crippen LogP contribution < -0.4 is 5.32 Å². The van der Waals surface area contributed by atoms with Crippen LogP contribution in [-0.2, 0) is 13.0 Å². The molecule has 1 aromatic rings. The van der Waals surface area contributed by atoms with Gasteiger partial charge in [0.1, 0.15) is 17.4 Å². The number of aliphatic hydroxyl groups is 1. The zero-order valence-electron chi connectivity index (χ0n) is 24.8. The maximum Gasteiger partial charge on any atom is 0.320 e. The van der Waals surface area contributed by atoms with Gasteiger partial charge in [0.2, 0.25) is 0 Å². The minimum Gasteiger partial charge on any atom is -0.391 e. The number of hydrogen-bond donors (Lipinski definition) is 4. The normalized spacial score (nSPS) is 16.8. The van der Waals surface area contributed by atoms with Crippen molar-refractivity contribution < 1.29 is 14.7 Å². The fourth-order valence-electron chi connectivity index (χ4n) is 4.55. The Balaban J connectivity index is 0.00000274. The minimum absolute atomic E-state index is 0.000956. The molecule has 3 rings (SSSR count). The average molecular weight is 552 g/mol. The number of rotatable bonds is 7. The quantitative estimate of drug-likeness (QED) is 0.225. The van der Waals surface area contributed by atoms with Crippen molar-refractivity contribution in [2.45, 2.75) is 79.5 Å². The second kappa shape index (κ2) is 15.1. The summed E-state index contributed by atoms with van der Waals surface area (Å²) in [5, 5.41) is 29.1. The Labute approximate surface area is 238 Å². The number of likely N-dealkylation sites (tertiary alicyclic amines) is 1. The third-order valence-corrected chi connectivity index (χ3v) is 6.71. The molecular formula is C30H45N7O3. The Bertz CT molecular complexity index is 1170. The van der Waals surface area contributed by atoms with E-state index in [1.807, 2.05) is 41.5 Å². The average Bonchev–Trinajstić information content (AvgIpc) is 3.38. The van der Waals surface area contributed by atoms with Crippen molar-refractivity contribution in [3.63, 3.8) is 0 Å². The molecule has 0 bridgehead atoms. The predicted octanol–water partition coefficient (Wildman–Crippen LogP) is 4.47. The standard InChI is InChI=1S/C28H39N7O3.C2H6/c1-6-25(29)35(18(2)3)26(30)19(4)8-7-9-20(5)32-27(37)24-14-22-16-33(12-10-21(22)15-31-24)28(38)34-13-11-23(36)17-34;1-2/h7-9,14-15,18,23,29-30,36H,5-6,10-13,16-17H2,1-4H3,(H,32,37);1-2H3/b9-7-,19-8+,29-25?,30-26?;. The highest BCUT2D eigenvalue weighted by Crippen LogP contribution is 2.22.